The lowest BCUT2D eigenvalue weighted by Gasteiger charge is -2.14. The largest absolute Gasteiger partial charge is 0.304 e. The van der Waals surface area contributed by atoms with Crippen LogP contribution in [0.25, 0.3) is 0 Å². The highest BCUT2D eigenvalue weighted by Gasteiger charge is 2.10. The standard InChI is InChI=1S/C12H17N5O2/c1-15-7-2-8-16(10-9-15)14-13-11-3-5-12(6-4-11)17(18)19/h3-6H,2,7-10H2,1H3. The predicted molar refractivity (Wildman–Crippen MR) is 71.3 cm³/mol. The van der Waals surface area contributed by atoms with Crippen LogP contribution in [0.3, 0.4) is 0 Å². The van der Waals surface area contributed by atoms with Crippen LogP contribution in [0.2, 0.25) is 0 Å². The lowest BCUT2D eigenvalue weighted by Crippen LogP contribution is -2.24. The number of rotatable bonds is 3. The molecule has 2 rings (SSSR count). The predicted octanol–water partition coefficient (Wildman–Crippen LogP) is 2.23. The Hall–Kier alpha value is -2.02. The third-order valence-corrected chi connectivity index (χ3v) is 3.04. The van der Waals surface area contributed by atoms with Gasteiger partial charge in [0.25, 0.3) is 5.69 Å². The summed E-state index contributed by atoms with van der Waals surface area (Å²) in [6, 6.07) is 6.08. The van der Waals surface area contributed by atoms with E-state index in [1.165, 1.54) is 12.1 Å². The molecular formula is C12H17N5O2. The number of nitro benzene ring substituents is 1. The maximum absolute atomic E-state index is 10.5. The van der Waals surface area contributed by atoms with Crippen molar-refractivity contribution in [1.82, 2.24) is 9.91 Å². The number of hydrogen-bond acceptors (Lipinski definition) is 5. The molecule has 0 N–H and O–H groups in total. The summed E-state index contributed by atoms with van der Waals surface area (Å²) in [5.41, 5.74) is 0.693. The Labute approximate surface area is 111 Å². The highest BCUT2D eigenvalue weighted by atomic mass is 16.6. The Kier molecular flexibility index (Phi) is 4.40. The topological polar surface area (TPSA) is 74.3 Å². The molecule has 0 atom stereocenters. The first-order valence-electron chi connectivity index (χ1n) is 6.25. The molecule has 19 heavy (non-hydrogen) atoms. The third kappa shape index (κ3) is 3.99. The van der Waals surface area contributed by atoms with Gasteiger partial charge in [-0.2, -0.15) is 0 Å². The Morgan fingerprint density at radius 2 is 1.89 bits per heavy atom. The molecule has 0 radical (unpaired) electrons. The maximum Gasteiger partial charge on any atom is 0.269 e. The smallest absolute Gasteiger partial charge is 0.269 e. The van der Waals surface area contributed by atoms with Crippen LogP contribution in [-0.4, -0.2) is 48.1 Å². The lowest BCUT2D eigenvalue weighted by molar-refractivity contribution is -0.384. The molecule has 7 heteroatoms. The molecule has 1 saturated heterocycles. The maximum atomic E-state index is 10.5. The Morgan fingerprint density at radius 3 is 2.58 bits per heavy atom. The van der Waals surface area contributed by atoms with Gasteiger partial charge < -0.3 is 4.90 Å². The molecule has 1 aromatic rings. The average Bonchev–Trinajstić information content (AvgIpc) is 2.61. The van der Waals surface area contributed by atoms with Crippen molar-refractivity contribution in [1.29, 1.82) is 0 Å². The zero-order valence-corrected chi connectivity index (χ0v) is 10.9. The van der Waals surface area contributed by atoms with Gasteiger partial charge >= 0.3 is 0 Å². The van der Waals surface area contributed by atoms with Gasteiger partial charge in [0.1, 0.15) is 0 Å². The van der Waals surface area contributed by atoms with Crippen molar-refractivity contribution < 1.29 is 4.92 Å². The fourth-order valence-electron chi connectivity index (χ4n) is 1.88. The van der Waals surface area contributed by atoms with Crippen LogP contribution in [0.4, 0.5) is 11.4 Å². The van der Waals surface area contributed by atoms with E-state index in [9.17, 15) is 10.1 Å². The molecule has 0 unspecified atom stereocenters. The molecule has 0 bridgehead atoms. The number of nitro groups is 1. The minimum absolute atomic E-state index is 0.0651. The van der Waals surface area contributed by atoms with Crippen molar-refractivity contribution in [3.8, 4) is 0 Å². The van der Waals surface area contributed by atoms with Crippen LogP contribution < -0.4 is 0 Å². The number of benzene rings is 1. The van der Waals surface area contributed by atoms with Crippen LogP contribution in [-0.2, 0) is 0 Å². The molecule has 1 aliphatic rings. The zero-order chi connectivity index (χ0) is 13.7. The minimum Gasteiger partial charge on any atom is -0.304 e. The zero-order valence-electron chi connectivity index (χ0n) is 10.9. The van der Waals surface area contributed by atoms with Crippen LogP contribution in [0, 0.1) is 10.1 Å². The van der Waals surface area contributed by atoms with Crippen molar-refractivity contribution in [3.05, 3.63) is 34.4 Å². The van der Waals surface area contributed by atoms with Crippen LogP contribution in [0.5, 0.6) is 0 Å². The molecule has 0 spiro atoms. The molecule has 102 valence electrons. The second-order valence-corrected chi connectivity index (χ2v) is 4.57. The monoisotopic (exact) mass is 263 g/mol. The molecule has 0 amide bonds. The summed E-state index contributed by atoms with van der Waals surface area (Å²) in [7, 11) is 2.09. The van der Waals surface area contributed by atoms with Crippen molar-refractivity contribution in [2.45, 2.75) is 6.42 Å². The van der Waals surface area contributed by atoms with Crippen molar-refractivity contribution in [2.75, 3.05) is 33.2 Å². The van der Waals surface area contributed by atoms with Crippen molar-refractivity contribution >= 4 is 11.4 Å². The number of non-ortho nitro benzene ring substituents is 1. The summed E-state index contributed by atoms with van der Waals surface area (Å²) in [5.74, 6) is 0. The normalized spacial score (nSPS) is 17.6. The first-order chi connectivity index (χ1) is 9.15. The Bertz CT molecular complexity index is 460. The average molecular weight is 263 g/mol. The van der Waals surface area contributed by atoms with Crippen molar-refractivity contribution in [2.24, 2.45) is 10.3 Å². The highest BCUT2D eigenvalue weighted by Crippen LogP contribution is 2.18. The van der Waals surface area contributed by atoms with E-state index in [-0.39, 0.29) is 5.69 Å². The summed E-state index contributed by atoms with van der Waals surface area (Å²) >= 11 is 0. The van der Waals surface area contributed by atoms with Crippen LogP contribution >= 0.6 is 0 Å². The fraction of sp³-hybridized carbons (Fsp3) is 0.500. The van der Waals surface area contributed by atoms with Crippen LogP contribution in [0.15, 0.2) is 34.6 Å². The molecule has 1 heterocycles. The Morgan fingerprint density at radius 1 is 1.16 bits per heavy atom. The molecule has 1 fully saturated rings. The fourth-order valence-corrected chi connectivity index (χ4v) is 1.88. The third-order valence-electron chi connectivity index (χ3n) is 3.04. The number of nitrogens with zero attached hydrogens (tertiary/aromatic N) is 5. The first kappa shape index (κ1) is 13.4. The van der Waals surface area contributed by atoms with Crippen LogP contribution in [0.1, 0.15) is 6.42 Å². The summed E-state index contributed by atoms with van der Waals surface area (Å²) in [6.45, 7) is 3.79. The van der Waals surface area contributed by atoms with Gasteiger partial charge in [-0.15, -0.1) is 5.11 Å². The second-order valence-electron chi connectivity index (χ2n) is 4.57. The van der Waals surface area contributed by atoms with E-state index < -0.39 is 4.92 Å². The molecular weight excluding hydrogens is 246 g/mol. The van der Waals surface area contributed by atoms with E-state index in [2.05, 4.69) is 22.3 Å². The van der Waals surface area contributed by atoms with Gasteiger partial charge in [-0.3, -0.25) is 15.1 Å². The summed E-state index contributed by atoms with van der Waals surface area (Å²) in [4.78, 5) is 12.4. The minimum atomic E-state index is -0.425. The second kappa shape index (κ2) is 6.24. The molecule has 0 aromatic heterocycles. The van der Waals surface area contributed by atoms with Gasteiger partial charge in [-0.05, 0) is 32.1 Å². The number of likely N-dealkylation sites (N-methyl/N-ethyl adjacent to an activating group) is 1. The van der Waals surface area contributed by atoms with Crippen molar-refractivity contribution in [3.63, 3.8) is 0 Å². The molecule has 1 aliphatic heterocycles. The van der Waals surface area contributed by atoms with Gasteiger partial charge in [0, 0.05) is 25.2 Å². The SMILES string of the molecule is CN1CCCN(N=Nc2ccc([N+](=O)[O-])cc2)CC1. The van der Waals surface area contributed by atoms with Gasteiger partial charge in [0.05, 0.1) is 17.2 Å². The van der Waals surface area contributed by atoms with E-state index >= 15 is 0 Å². The van der Waals surface area contributed by atoms with E-state index in [1.807, 2.05) is 5.01 Å². The summed E-state index contributed by atoms with van der Waals surface area (Å²) < 4.78 is 0. The Balaban J connectivity index is 1.96. The van der Waals surface area contributed by atoms with Gasteiger partial charge in [0.2, 0.25) is 0 Å². The molecule has 0 aliphatic carbocycles. The van der Waals surface area contributed by atoms with Gasteiger partial charge in [-0.25, -0.2) is 0 Å². The van der Waals surface area contributed by atoms with E-state index in [1.54, 1.807) is 12.1 Å². The quantitative estimate of drug-likeness (QED) is 0.476. The number of hydrogen-bond donors (Lipinski definition) is 0. The summed E-state index contributed by atoms with van der Waals surface area (Å²) in [6.07, 6.45) is 1.07. The van der Waals surface area contributed by atoms with E-state index in [0.29, 0.717) is 5.69 Å². The molecule has 1 aromatic carbocycles. The van der Waals surface area contributed by atoms with E-state index in [0.717, 1.165) is 32.6 Å². The highest BCUT2D eigenvalue weighted by molar-refractivity contribution is 5.43. The lowest BCUT2D eigenvalue weighted by atomic mass is 10.3. The van der Waals surface area contributed by atoms with E-state index in [4.69, 9.17) is 0 Å². The molecule has 0 saturated carbocycles. The summed E-state index contributed by atoms with van der Waals surface area (Å²) in [5, 5.41) is 20.8. The first-order valence-corrected chi connectivity index (χ1v) is 6.25. The van der Waals surface area contributed by atoms with Gasteiger partial charge in [0.15, 0.2) is 0 Å². The molecule has 7 nitrogen and oxygen atoms in total. The van der Waals surface area contributed by atoms with Gasteiger partial charge in [-0.1, -0.05) is 5.22 Å².